The zero-order chi connectivity index (χ0) is 14.5. The third-order valence-corrected chi connectivity index (χ3v) is 3.25. The Morgan fingerprint density at radius 1 is 1.25 bits per heavy atom. The van der Waals surface area contributed by atoms with E-state index in [1.807, 2.05) is 0 Å². The monoisotopic (exact) mass is 279 g/mol. The first-order valence-corrected chi connectivity index (χ1v) is 6.64. The quantitative estimate of drug-likeness (QED) is 0.840. The van der Waals surface area contributed by atoms with Crippen LogP contribution in [0.25, 0.3) is 0 Å². The van der Waals surface area contributed by atoms with Crippen molar-refractivity contribution in [1.29, 1.82) is 0 Å². The number of amides is 2. The average molecular weight is 279 g/mol. The Balaban J connectivity index is 1.92. The van der Waals surface area contributed by atoms with E-state index >= 15 is 0 Å². The molecule has 1 aromatic rings. The minimum absolute atomic E-state index is 0.0954. The number of hydrogen-bond acceptors (Lipinski definition) is 3. The van der Waals surface area contributed by atoms with Crippen molar-refractivity contribution in [2.24, 2.45) is 0 Å². The molecule has 1 aliphatic heterocycles. The van der Waals surface area contributed by atoms with Gasteiger partial charge in [-0.1, -0.05) is 0 Å². The van der Waals surface area contributed by atoms with Gasteiger partial charge in [0.15, 0.2) is 0 Å². The van der Waals surface area contributed by atoms with Crippen LogP contribution in [0.3, 0.4) is 0 Å². The third kappa shape index (κ3) is 3.54. The number of piperazine rings is 1. The van der Waals surface area contributed by atoms with E-state index in [0.717, 1.165) is 13.1 Å². The molecule has 0 bridgehead atoms. The van der Waals surface area contributed by atoms with Crippen LogP contribution in [0.2, 0.25) is 0 Å². The molecule has 2 rings (SSSR count). The molecule has 108 valence electrons. The van der Waals surface area contributed by atoms with Gasteiger partial charge in [-0.2, -0.15) is 0 Å². The van der Waals surface area contributed by atoms with Crippen molar-refractivity contribution in [1.82, 2.24) is 15.5 Å². The number of hydrogen-bond donors (Lipinski definition) is 2. The highest BCUT2D eigenvalue weighted by atomic mass is 19.1. The average Bonchev–Trinajstić information content (AvgIpc) is 2.48. The molecular formula is C14H18FN3O2. The van der Waals surface area contributed by atoms with Crippen LogP contribution >= 0.6 is 0 Å². The summed E-state index contributed by atoms with van der Waals surface area (Å²) in [5, 5.41) is 5.80. The number of benzene rings is 1. The van der Waals surface area contributed by atoms with Gasteiger partial charge in [-0.15, -0.1) is 0 Å². The second-order valence-electron chi connectivity index (χ2n) is 4.78. The lowest BCUT2D eigenvalue weighted by Gasteiger charge is -2.30. The van der Waals surface area contributed by atoms with Crippen molar-refractivity contribution in [3.05, 3.63) is 35.6 Å². The van der Waals surface area contributed by atoms with Crippen LogP contribution in [-0.4, -0.2) is 48.9 Å². The summed E-state index contributed by atoms with van der Waals surface area (Å²) in [5.74, 6) is -0.866. The highest BCUT2D eigenvalue weighted by Gasteiger charge is 2.23. The highest BCUT2D eigenvalue weighted by molar-refractivity contribution is 5.97. The van der Waals surface area contributed by atoms with E-state index in [0.29, 0.717) is 18.7 Å². The lowest BCUT2D eigenvalue weighted by Crippen LogP contribution is -2.53. The van der Waals surface area contributed by atoms with Crippen LogP contribution in [0.1, 0.15) is 17.3 Å². The van der Waals surface area contributed by atoms with Gasteiger partial charge in [0.2, 0.25) is 5.91 Å². The third-order valence-electron chi connectivity index (χ3n) is 3.25. The molecule has 0 aliphatic carbocycles. The number of carbonyl (C=O) groups is 2. The fourth-order valence-corrected chi connectivity index (χ4v) is 2.10. The summed E-state index contributed by atoms with van der Waals surface area (Å²) >= 11 is 0. The Labute approximate surface area is 117 Å². The summed E-state index contributed by atoms with van der Waals surface area (Å²) in [4.78, 5) is 25.8. The molecular weight excluding hydrogens is 261 g/mol. The van der Waals surface area contributed by atoms with Crippen molar-refractivity contribution >= 4 is 11.8 Å². The Morgan fingerprint density at radius 3 is 2.45 bits per heavy atom. The van der Waals surface area contributed by atoms with Gasteiger partial charge in [-0.25, -0.2) is 4.39 Å². The molecule has 1 atom stereocenters. The fraction of sp³-hybridized carbons (Fsp3) is 0.429. The first-order valence-electron chi connectivity index (χ1n) is 6.64. The van der Waals surface area contributed by atoms with E-state index in [-0.39, 0.29) is 11.8 Å². The van der Waals surface area contributed by atoms with Gasteiger partial charge in [0.25, 0.3) is 5.91 Å². The van der Waals surface area contributed by atoms with Crippen molar-refractivity contribution in [3.8, 4) is 0 Å². The van der Waals surface area contributed by atoms with Crippen LogP contribution in [0.4, 0.5) is 4.39 Å². The van der Waals surface area contributed by atoms with E-state index in [1.165, 1.54) is 24.3 Å². The Hall–Kier alpha value is -1.95. The van der Waals surface area contributed by atoms with Gasteiger partial charge >= 0.3 is 0 Å². The summed E-state index contributed by atoms with van der Waals surface area (Å²) in [6, 6.07) is 4.64. The van der Waals surface area contributed by atoms with Crippen molar-refractivity contribution < 1.29 is 14.0 Å². The van der Waals surface area contributed by atoms with Gasteiger partial charge in [-0.3, -0.25) is 9.59 Å². The van der Waals surface area contributed by atoms with Gasteiger partial charge < -0.3 is 15.5 Å². The molecule has 0 aromatic heterocycles. The predicted molar refractivity (Wildman–Crippen MR) is 72.8 cm³/mol. The maximum atomic E-state index is 12.8. The Morgan fingerprint density at radius 2 is 1.85 bits per heavy atom. The largest absolute Gasteiger partial charge is 0.341 e. The van der Waals surface area contributed by atoms with E-state index in [1.54, 1.807) is 11.8 Å². The summed E-state index contributed by atoms with van der Waals surface area (Å²) in [6.07, 6.45) is 0. The predicted octanol–water partition coefficient (Wildman–Crippen LogP) is 0.376. The number of nitrogens with one attached hydrogen (secondary N) is 2. The zero-order valence-electron chi connectivity index (χ0n) is 11.4. The van der Waals surface area contributed by atoms with E-state index < -0.39 is 11.9 Å². The lowest BCUT2D eigenvalue weighted by molar-refractivity contribution is -0.133. The van der Waals surface area contributed by atoms with Crippen LogP contribution in [0, 0.1) is 5.82 Å². The topological polar surface area (TPSA) is 61.4 Å². The van der Waals surface area contributed by atoms with Crippen molar-refractivity contribution in [2.45, 2.75) is 13.0 Å². The first kappa shape index (κ1) is 14.5. The van der Waals surface area contributed by atoms with Gasteiger partial charge in [0.1, 0.15) is 11.9 Å². The molecule has 6 heteroatoms. The zero-order valence-corrected chi connectivity index (χ0v) is 11.4. The molecule has 1 heterocycles. The van der Waals surface area contributed by atoms with E-state index in [9.17, 15) is 14.0 Å². The second kappa shape index (κ2) is 6.47. The van der Waals surface area contributed by atoms with Crippen molar-refractivity contribution in [2.75, 3.05) is 26.2 Å². The fourth-order valence-electron chi connectivity index (χ4n) is 2.10. The minimum Gasteiger partial charge on any atom is -0.341 e. The van der Waals surface area contributed by atoms with E-state index in [2.05, 4.69) is 10.6 Å². The second-order valence-corrected chi connectivity index (χ2v) is 4.78. The SMILES string of the molecule is CC(NC(=O)c1ccc(F)cc1)C(=O)N1CCNCC1. The van der Waals surface area contributed by atoms with Crippen LogP contribution in [-0.2, 0) is 4.79 Å². The van der Waals surface area contributed by atoms with Crippen LogP contribution < -0.4 is 10.6 Å². The Kier molecular flexibility index (Phi) is 4.68. The smallest absolute Gasteiger partial charge is 0.251 e. The number of carbonyl (C=O) groups excluding carboxylic acids is 2. The maximum absolute atomic E-state index is 12.8. The molecule has 1 aromatic carbocycles. The van der Waals surface area contributed by atoms with Gasteiger partial charge in [-0.05, 0) is 31.2 Å². The van der Waals surface area contributed by atoms with Gasteiger partial charge in [0.05, 0.1) is 0 Å². The Bertz CT molecular complexity index is 484. The van der Waals surface area contributed by atoms with Crippen molar-refractivity contribution in [3.63, 3.8) is 0 Å². The highest BCUT2D eigenvalue weighted by Crippen LogP contribution is 2.04. The summed E-state index contributed by atoms with van der Waals surface area (Å²) in [6.45, 7) is 4.49. The molecule has 1 unspecified atom stereocenters. The molecule has 2 amide bonds. The minimum atomic E-state index is -0.592. The van der Waals surface area contributed by atoms with Crippen LogP contribution in [0.15, 0.2) is 24.3 Å². The number of halogens is 1. The molecule has 1 aliphatic rings. The summed E-state index contributed by atoms with van der Waals surface area (Å²) in [7, 11) is 0. The van der Waals surface area contributed by atoms with Gasteiger partial charge in [0, 0.05) is 31.7 Å². The molecule has 0 saturated carbocycles. The van der Waals surface area contributed by atoms with Crippen LogP contribution in [0.5, 0.6) is 0 Å². The first-order chi connectivity index (χ1) is 9.58. The number of nitrogens with zero attached hydrogens (tertiary/aromatic N) is 1. The number of rotatable bonds is 3. The molecule has 20 heavy (non-hydrogen) atoms. The normalized spacial score (nSPS) is 16.6. The molecule has 0 radical (unpaired) electrons. The molecule has 2 N–H and O–H groups in total. The molecule has 5 nitrogen and oxygen atoms in total. The lowest BCUT2D eigenvalue weighted by atomic mass is 10.2. The summed E-state index contributed by atoms with van der Waals surface area (Å²) in [5.41, 5.74) is 0.339. The molecule has 0 spiro atoms. The maximum Gasteiger partial charge on any atom is 0.251 e. The molecule has 1 saturated heterocycles. The summed E-state index contributed by atoms with van der Waals surface area (Å²) < 4.78 is 12.8. The standard InChI is InChI=1S/C14H18FN3O2/c1-10(14(20)18-8-6-16-7-9-18)17-13(19)11-2-4-12(15)5-3-11/h2-5,10,16H,6-9H2,1H3,(H,17,19). The molecule has 1 fully saturated rings. The van der Waals surface area contributed by atoms with E-state index in [4.69, 9.17) is 0 Å².